The predicted octanol–water partition coefficient (Wildman–Crippen LogP) is 2.13. The molecular weight excluding hydrogens is 282 g/mol. The molecule has 2 aromatic rings. The minimum absolute atomic E-state index is 0.0700. The highest BCUT2D eigenvalue weighted by molar-refractivity contribution is 5.77. The van der Waals surface area contributed by atoms with E-state index in [4.69, 9.17) is 9.26 Å². The molecule has 0 radical (unpaired) electrons. The molecule has 22 heavy (non-hydrogen) atoms. The van der Waals surface area contributed by atoms with Gasteiger partial charge in [0.1, 0.15) is 6.42 Å². The monoisotopic (exact) mass is 303 g/mol. The largest absolute Gasteiger partial charge is 0.377 e. The third-order valence-electron chi connectivity index (χ3n) is 3.04. The van der Waals surface area contributed by atoms with Crippen molar-refractivity contribution in [2.45, 2.75) is 33.3 Å². The zero-order valence-corrected chi connectivity index (χ0v) is 13.1. The molecule has 0 aliphatic heterocycles. The number of hydrogen-bond acceptors (Lipinski definition) is 5. The van der Waals surface area contributed by atoms with Crippen molar-refractivity contribution in [3.8, 4) is 11.4 Å². The number of amides is 1. The van der Waals surface area contributed by atoms with Gasteiger partial charge in [0.05, 0.1) is 12.7 Å². The fourth-order valence-corrected chi connectivity index (χ4v) is 1.94. The number of hydrogen-bond donors (Lipinski definition) is 1. The fourth-order valence-electron chi connectivity index (χ4n) is 1.94. The lowest BCUT2D eigenvalue weighted by molar-refractivity contribution is -0.121. The van der Waals surface area contributed by atoms with Crippen molar-refractivity contribution in [1.82, 2.24) is 15.5 Å². The molecule has 6 nitrogen and oxygen atoms in total. The van der Waals surface area contributed by atoms with Gasteiger partial charge in [0.25, 0.3) is 0 Å². The van der Waals surface area contributed by atoms with Gasteiger partial charge in [0.2, 0.25) is 17.6 Å². The smallest absolute Gasteiger partial charge is 0.236 e. The van der Waals surface area contributed by atoms with Gasteiger partial charge in [-0.1, -0.05) is 29.4 Å². The Morgan fingerprint density at radius 1 is 1.36 bits per heavy atom. The fraction of sp³-hybridized carbons (Fsp3) is 0.438. The summed E-state index contributed by atoms with van der Waals surface area (Å²) in [7, 11) is 0. The number of rotatable bonds is 7. The second-order valence-electron chi connectivity index (χ2n) is 5.27. The number of nitrogens with one attached hydrogen (secondary N) is 1. The molecule has 0 fully saturated rings. The summed E-state index contributed by atoms with van der Waals surface area (Å²) in [6.45, 7) is 6.84. The Morgan fingerprint density at radius 2 is 2.14 bits per heavy atom. The molecule has 1 heterocycles. The van der Waals surface area contributed by atoms with Crippen LogP contribution in [0.25, 0.3) is 11.4 Å². The van der Waals surface area contributed by atoms with Gasteiger partial charge in [-0.2, -0.15) is 4.98 Å². The average Bonchev–Trinajstić information content (AvgIpc) is 2.92. The third kappa shape index (κ3) is 4.66. The SMILES string of the molecule is Cc1ccccc1-c1noc(CC(=O)NCCOC(C)C)n1. The van der Waals surface area contributed by atoms with E-state index in [9.17, 15) is 4.79 Å². The van der Waals surface area contributed by atoms with Crippen LogP contribution in [0.15, 0.2) is 28.8 Å². The standard InChI is InChI=1S/C16H21N3O3/c1-11(2)21-9-8-17-14(20)10-15-18-16(19-22-15)13-7-5-4-6-12(13)3/h4-7,11H,8-10H2,1-3H3,(H,17,20). The Morgan fingerprint density at radius 3 is 2.86 bits per heavy atom. The molecule has 118 valence electrons. The van der Waals surface area contributed by atoms with Gasteiger partial charge in [-0.05, 0) is 26.3 Å². The molecule has 1 amide bonds. The highest BCUT2D eigenvalue weighted by Crippen LogP contribution is 2.19. The van der Waals surface area contributed by atoms with Crippen molar-refractivity contribution in [1.29, 1.82) is 0 Å². The zero-order chi connectivity index (χ0) is 15.9. The van der Waals surface area contributed by atoms with Gasteiger partial charge < -0.3 is 14.6 Å². The number of ether oxygens (including phenoxy) is 1. The second-order valence-corrected chi connectivity index (χ2v) is 5.27. The van der Waals surface area contributed by atoms with Gasteiger partial charge >= 0.3 is 0 Å². The molecule has 2 rings (SSSR count). The van der Waals surface area contributed by atoms with E-state index in [0.29, 0.717) is 24.9 Å². The number of aromatic nitrogens is 2. The summed E-state index contributed by atoms with van der Waals surface area (Å²) in [5.41, 5.74) is 1.97. The lowest BCUT2D eigenvalue weighted by Gasteiger charge is -2.07. The average molecular weight is 303 g/mol. The molecule has 0 aliphatic rings. The van der Waals surface area contributed by atoms with Gasteiger partial charge in [0, 0.05) is 12.1 Å². The number of aryl methyl sites for hydroxylation is 1. The summed E-state index contributed by atoms with van der Waals surface area (Å²) in [5, 5.41) is 6.68. The predicted molar refractivity (Wildman–Crippen MR) is 82.3 cm³/mol. The van der Waals surface area contributed by atoms with Gasteiger partial charge in [-0.15, -0.1) is 0 Å². The van der Waals surface area contributed by atoms with Crippen LogP contribution in [-0.2, 0) is 16.0 Å². The zero-order valence-electron chi connectivity index (χ0n) is 13.1. The molecule has 0 atom stereocenters. The van der Waals surface area contributed by atoms with E-state index in [0.717, 1.165) is 11.1 Å². The van der Waals surface area contributed by atoms with Crippen LogP contribution in [0.2, 0.25) is 0 Å². The first kappa shape index (κ1) is 16.2. The lowest BCUT2D eigenvalue weighted by Crippen LogP contribution is -2.29. The van der Waals surface area contributed by atoms with Crippen LogP contribution < -0.4 is 5.32 Å². The summed E-state index contributed by atoms with van der Waals surface area (Å²) in [6.07, 6.45) is 0.227. The van der Waals surface area contributed by atoms with Crippen LogP contribution in [0.5, 0.6) is 0 Å². The molecule has 0 saturated heterocycles. The van der Waals surface area contributed by atoms with Crippen molar-refractivity contribution in [2.75, 3.05) is 13.2 Å². The molecule has 6 heteroatoms. The minimum atomic E-state index is -0.160. The van der Waals surface area contributed by atoms with Gasteiger partial charge in [-0.25, -0.2) is 0 Å². The summed E-state index contributed by atoms with van der Waals surface area (Å²) in [6, 6.07) is 7.77. The Hall–Kier alpha value is -2.21. The van der Waals surface area contributed by atoms with E-state index in [1.165, 1.54) is 0 Å². The highest BCUT2D eigenvalue weighted by Gasteiger charge is 2.13. The molecule has 1 N–H and O–H groups in total. The Kier molecular flexibility index (Phi) is 5.66. The topological polar surface area (TPSA) is 77.2 Å². The summed E-state index contributed by atoms with van der Waals surface area (Å²) in [5.74, 6) is 0.650. The van der Waals surface area contributed by atoms with E-state index in [2.05, 4.69) is 15.5 Å². The van der Waals surface area contributed by atoms with E-state index < -0.39 is 0 Å². The van der Waals surface area contributed by atoms with E-state index >= 15 is 0 Å². The Balaban J connectivity index is 1.87. The normalized spacial score (nSPS) is 10.9. The van der Waals surface area contributed by atoms with Crippen LogP contribution in [-0.4, -0.2) is 35.3 Å². The molecule has 1 aromatic carbocycles. The van der Waals surface area contributed by atoms with Crippen LogP contribution in [0, 0.1) is 6.92 Å². The maximum Gasteiger partial charge on any atom is 0.236 e. The van der Waals surface area contributed by atoms with Crippen molar-refractivity contribution in [3.63, 3.8) is 0 Å². The van der Waals surface area contributed by atoms with Crippen molar-refractivity contribution < 1.29 is 14.1 Å². The first-order chi connectivity index (χ1) is 10.6. The highest BCUT2D eigenvalue weighted by atomic mass is 16.5. The van der Waals surface area contributed by atoms with E-state index in [1.54, 1.807) is 0 Å². The van der Waals surface area contributed by atoms with Crippen LogP contribution in [0.1, 0.15) is 25.3 Å². The molecule has 0 aliphatic carbocycles. The molecular formula is C16H21N3O3. The Labute approximate surface area is 129 Å². The molecule has 0 saturated carbocycles. The number of carbonyl (C=O) groups excluding carboxylic acids is 1. The third-order valence-corrected chi connectivity index (χ3v) is 3.04. The first-order valence-electron chi connectivity index (χ1n) is 7.33. The van der Waals surface area contributed by atoms with Crippen LogP contribution >= 0.6 is 0 Å². The van der Waals surface area contributed by atoms with Crippen LogP contribution in [0.3, 0.4) is 0 Å². The van der Waals surface area contributed by atoms with E-state index in [1.807, 2.05) is 45.0 Å². The maximum atomic E-state index is 11.8. The Bertz CT molecular complexity index is 623. The molecule has 0 bridgehead atoms. The molecule has 0 unspecified atom stereocenters. The number of carbonyl (C=O) groups is 1. The minimum Gasteiger partial charge on any atom is -0.377 e. The number of benzene rings is 1. The quantitative estimate of drug-likeness (QED) is 0.793. The van der Waals surface area contributed by atoms with Crippen molar-refractivity contribution >= 4 is 5.91 Å². The molecule has 0 spiro atoms. The van der Waals surface area contributed by atoms with Gasteiger partial charge in [0.15, 0.2) is 0 Å². The molecule has 1 aromatic heterocycles. The number of nitrogens with zero attached hydrogens (tertiary/aromatic N) is 2. The first-order valence-corrected chi connectivity index (χ1v) is 7.33. The van der Waals surface area contributed by atoms with Crippen molar-refractivity contribution in [2.24, 2.45) is 0 Å². The second kappa shape index (κ2) is 7.70. The van der Waals surface area contributed by atoms with Crippen LogP contribution in [0.4, 0.5) is 0 Å². The van der Waals surface area contributed by atoms with Gasteiger partial charge in [-0.3, -0.25) is 4.79 Å². The van der Waals surface area contributed by atoms with Crippen molar-refractivity contribution in [3.05, 3.63) is 35.7 Å². The lowest BCUT2D eigenvalue weighted by atomic mass is 10.1. The maximum absolute atomic E-state index is 11.8. The van der Waals surface area contributed by atoms with E-state index in [-0.39, 0.29) is 18.4 Å². The summed E-state index contributed by atoms with van der Waals surface area (Å²) >= 11 is 0. The summed E-state index contributed by atoms with van der Waals surface area (Å²) < 4.78 is 10.5. The summed E-state index contributed by atoms with van der Waals surface area (Å²) in [4.78, 5) is 16.0.